The molecular formula is C28H24N4O3. The number of likely N-dealkylation sites (tertiary alicyclic amines) is 1. The maximum atomic E-state index is 13.1. The maximum absolute atomic E-state index is 13.1. The number of aryl methyl sites for hydroxylation is 2. The summed E-state index contributed by atoms with van der Waals surface area (Å²) in [4.78, 5) is 32.2. The van der Waals surface area contributed by atoms with Gasteiger partial charge in [0.15, 0.2) is 0 Å². The molecule has 7 nitrogen and oxygen atoms in total. The SMILES string of the molecule is O=C1NC(=O)c2c1c1c3ccc(CN4CCC(O)C4)cc3[nH]c1c1c2c2cccc3c2n1CCC3. The topological polar surface area (TPSA) is 90.4 Å². The summed E-state index contributed by atoms with van der Waals surface area (Å²) < 4.78 is 2.35. The molecule has 174 valence electrons. The lowest BCUT2D eigenvalue weighted by Crippen LogP contribution is -2.21. The van der Waals surface area contributed by atoms with Gasteiger partial charge >= 0.3 is 0 Å². The Labute approximate surface area is 200 Å². The second-order valence-electron chi connectivity index (χ2n) is 10.3. The van der Waals surface area contributed by atoms with Crippen LogP contribution in [0.15, 0.2) is 36.4 Å². The standard InChI is InChI=1S/C28H24N4O3/c33-16-8-10-31(13-16)12-14-6-7-17-19(11-14)29-24-20(17)22-23(28(35)30-27(22)34)21-18-5-1-3-15-4-2-9-32(25(15)18)26(21)24/h1,3,5-7,11,16,29,33H,2,4,8-10,12-13H2,(H,30,34,35). The molecule has 2 aromatic heterocycles. The number of aliphatic hydroxyl groups is 1. The minimum atomic E-state index is -0.320. The molecule has 1 fully saturated rings. The molecule has 0 bridgehead atoms. The summed E-state index contributed by atoms with van der Waals surface area (Å²) >= 11 is 0. The second kappa shape index (κ2) is 6.71. The number of benzene rings is 3. The Morgan fingerprint density at radius 2 is 1.83 bits per heavy atom. The number of imide groups is 1. The fraction of sp³-hybridized carbons (Fsp3) is 0.286. The summed E-state index contributed by atoms with van der Waals surface area (Å²) in [6.45, 7) is 3.26. The molecule has 1 atom stereocenters. The molecule has 3 aliphatic heterocycles. The smallest absolute Gasteiger partial charge is 0.259 e. The molecule has 7 heteroatoms. The molecule has 0 radical (unpaired) electrons. The first kappa shape index (κ1) is 19.6. The van der Waals surface area contributed by atoms with E-state index in [1.54, 1.807) is 0 Å². The van der Waals surface area contributed by atoms with E-state index in [9.17, 15) is 14.7 Å². The third-order valence-corrected chi connectivity index (χ3v) is 8.18. The number of nitrogens with one attached hydrogen (secondary N) is 2. The van der Waals surface area contributed by atoms with Gasteiger partial charge in [0.1, 0.15) is 0 Å². The Hall–Kier alpha value is -3.68. The fourth-order valence-corrected chi connectivity index (χ4v) is 6.78. The molecule has 3 N–H and O–H groups in total. The van der Waals surface area contributed by atoms with E-state index in [0.29, 0.717) is 17.7 Å². The highest BCUT2D eigenvalue weighted by atomic mass is 16.3. The van der Waals surface area contributed by atoms with Gasteiger partial charge in [-0.25, -0.2) is 0 Å². The minimum absolute atomic E-state index is 0.246. The maximum Gasteiger partial charge on any atom is 0.259 e. The zero-order valence-corrected chi connectivity index (χ0v) is 19.1. The highest BCUT2D eigenvalue weighted by molar-refractivity contribution is 6.39. The number of amides is 2. The van der Waals surface area contributed by atoms with E-state index in [4.69, 9.17) is 0 Å². The van der Waals surface area contributed by atoms with Crippen molar-refractivity contribution in [3.05, 3.63) is 58.7 Å². The Morgan fingerprint density at radius 3 is 2.66 bits per heavy atom. The Kier molecular flexibility index (Phi) is 3.76. The number of para-hydroxylation sites is 1. The summed E-state index contributed by atoms with van der Waals surface area (Å²) in [7, 11) is 0. The number of aromatic nitrogens is 2. The number of aliphatic hydroxyl groups excluding tert-OH is 1. The van der Waals surface area contributed by atoms with Gasteiger partial charge in [-0.1, -0.05) is 30.3 Å². The number of hydrogen-bond acceptors (Lipinski definition) is 4. The van der Waals surface area contributed by atoms with E-state index in [2.05, 4.69) is 56.2 Å². The van der Waals surface area contributed by atoms with Crippen LogP contribution >= 0.6 is 0 Å². The van der Waals surface area contributed by atoms with Gasteiger partial charge in [-0.3, -0.25) is 19.8 Å². The summed E-state index contributed by atoms with van der Waals surface area (Å²) in [5.74, 6) is -0.626. The quantitative estimate of drug-likeness (QED) is 0.347. The first-order chi connectivity index (χ1) is 17.1. The van der Waals surface area contributed by atoms with Crippen LogP contribution in [0.4, 0.5) is 0 Å². The van der Waals surface area contributed by atoms with Gasteiger partial charge in [-0.15, -0.1) is 0 Å². The van der Waals surface area contributed by atoms with E-state index in [-0.39, 0.29) is 17.9 Å². The second-order valence-corrected chi connectivity index (χ2v) is 10.3. The van der Waals surface area contributed by atoms with Gasteiger partial charge in [0.2, 0.25) is 0 Å². The zero-order valence-electron chi connectivity index (χ0n) is 19.1. The van der Waals surface area contributed by atoms with Gasteiger partial charge < -0.3 is 14.7 Å². The van der Waals surface area contributed by atoms with Gasteiger partial charge in [0.25, 0.3) is 11.8 Å². The molecule has 3 aromatic carbocycles. The third-order valence-electron chi connectivity index (χ3n) is 8.18. The fourth-order valence-electron chi connectivity index (χ4n) is 6.78. The lowest BCUT2D eigenvalue weighted by Gasteiger charge is -2.16. The van der Waals surface area contributed by atoms with Crippen LogP contribution in [0.5, 0.6) is 0 Å². The Bertz CT molecular complexity index is 1780. The molecule has 0 aliphatic carbocycles. The summed E-state index contributed by atoms with van der Waals surface area (Å²) in [6.07, 6.45) is 2.63. The normalized spacial score (nSPS) is 20.1. The van der Waals surface area contributed by atoms with Crippen molar-refractivity contribution in [3.8, 4) is 0 Å². The van der Waals surface area contributed by atoms with Crippen molar-refractivity contribution in [1.82, 2.24) is 19.8 Å². The van der Waals surface area contributed by atoms with Crippen molar-refractivity contribution in [2.45, 2.75) is 38.5 Å². The van der Waals surface area contributed by atoms with Crippen molar-refractivity contribution in [2.24, 2.45) is 0 Å². The summed E-state index contributed by atoms with van der Waals surface area (Å²) in [5.41, 5.74) is 7.55. The molecule has 35 heavy (non-hydrogen) atoms. The number of β-amino-alcohol motifs (C(OH)–C–C–N with tert-alkyl or cyclic N) is 1. The minimum Gasteiger partial charge on any atom is -0.392 e. The number of fused-ring (bicyclic) bond motifs is 10. The van der Waals surface area contributed by atoms with Crippen LogP contribution in [-0.2, 0) is 19.5 Å². The van der Waals surface area contributed by atoms with E-state index >= 15 is 0 Å². The highest BCUT2D eigenvalue weighted by Gasteiger charge is 2.36. The van der Waals surface area contributed by atoms with Gasteiger partial charge in [0, 0.05) is 53.2 Å². The lowest BCUT2D eigenvalue weighted by atomic mass is 9.96. The molecule has 1 unspecified atom stereocenters. The molecule has 8 rings (SSSR count). The predicted molar refractivity (Wildman–Crippen MR) is 135 cm³/mol. The first-order valence-corrected chi connectivity index (χ1v) is 12.4. The van der Waals surface area contributed by atoms with E-state index < -0.39 is 0 Å². The molecule has 3 aliphatic rings. The van der Waals surface area contributed by atoms with Crippen LogP contribution in [0.3, 0.4) is 0 Å². The van der Waals surface area contributed by atoms with Gasteiger partial charge in [0.05, 0.1) is 33.8 Å². The molecule has 1 saturated heterocycles. The zero-order chi connectivity index (χ0) is 23.4. The molecule has 0 saturated carbocycles. The van der Waals surface area contributed by atoms with Gasteiger partial charge in [-0.05, 0) is 36.5 Å². The number of H-pyrrole nitrogens is 1. The number of rotatable bonds is 2. The molecule has 0 spiro atoms. The molecular weight excluding hydrogens is 440 g/mol. The van der Waals surface area contributed by atoms with Crippen molar-refractivity contribution in [3.63, 3.8) is 0 Å². The number of carbonyl (C=O) groups is 2. The number of hydrogen-bond donors (Lipinski definition) is 3. The van der Waals surface area contributed by atoms with E-state index in [0.717, 1.165) is 82.6 Å². The van der Waals surface area contributed by atoms with Crippen molar-refractivity contribution in [2.75, 3.05) is 13.1 Å². The van der Waals surface area contributed by atoms with Crippen molar-refractivity contribution in [1.29, 1.82) is 0 Å². The first-order valence-electron chi connectivity index (χ1n) is 12.4. The molecule has 2 amide bonds. The van der Waals surface area contributed by atoms with Crippen LogP contribution in [0.25, 0.3) is 43.6 Å². The molecule has 5 aromatic rings. The third kappa shape index (κ3) is 2.52. The van der Waals surface area contributed by atoms with Crippen LogP contribution < -0.4 is 5.32 Å². The average Bonchev–Trinajstić information content (AvgIpc) is 3.58. The average molecular weight is 465 g/mol. The largest absolute Gasteiger partial charge is 0.392 e. The van der Waals surface area contributed by atoms with Crippen molar-refractivity contribution >= 4 is 55.4 Å². The van der Waals surface area contributed by atoms with E-state index in [1.807, 2.05) is 0 Å². The van der Waals surface area contributed by atoms with Crippen molar-refractivity contribution < 1.29 is 14.7 Å². The van der Waals surface area contributed by atoms with Gasteiger partial charge in [-0.2, -0.15) is 0 Å². The summed E-state index contributed by atoms with van der Waals surface area (Å²) in [5, 5.41) is 16.2. The van der Waals surface area contributed by atoms with Crippen LogP contribution in [-0.4, -0.2) is 50.6 Å². The molecule has 5 heterocycles. The monoisotopic (exact) mass is 464 g/mol. The Balaban J connectivity index is 1.48. The number of nitrogens with zero attached hydrogens (tertiary/aromatic N) is 2. The van der Waals surface area contributed by atoms with E-state index in [1.165, 1.54) is 11.1 Å². The number of carbonyl (C=O) groups excluding carboxylic acids is 2. The Morgan fingerprint density at radius 1 is 0.971 bits per heavy atom. The van der Waals surface area contributed by atoms with Crippen LogP contribution in [0.1, 0.15) is 44.7 Å². The highest BCUT2D eigenvalue weighted by Crippen LogP contribution is 2.45. The lowest BCUT2D eigenvalue weighted by molar-refractivity contribution is 0.0880. The van der Waals surface area contributed by atoms with Crippen LogP contribution in [0, 0.1) is 0 Å². The summed E-state index contributed by atoms with van der Waals surface area (Å²) in [6, 6.07) is 12.6. The predicted octanol–water partition coefficient (Wildman–Crippen LogP) is 3.83. The van der Waals surface area contributed by atoms with Crippen LogP contribution in [0.2, 0.25) is 0 Å². The number of aromatic amines is 1.